The molecule has 134 valence electrons. The van der Waals surface area contributed by atoms with Gasteiger partial charge >= 0.3 is 0 Å². The number of nitrogens with zero attached hydrogens (tertiary/aromatic N) is 1. The third kappa shape index (κ3) is 4.61. The second-order valence-corrected chi connectivity index (χ2v) is 6.36. The molecule has 26 heavy (non-hydrogen) atoms. The molecule has 0 saturated carbocycles. The number of hydrogen-bond acceptors (Lipinski definition) is 4. The monoisotopic (exact) mass is 348 g/mol. The molecule has 0 aliphatic rings. The summed E-state index contributed by atoms with van der Waals surface area (Å²) in [7, 11) is 0. The Labute approximate surface area is 154 Å². The van der Waals surface area contributed by atoms with Gasteiger partial charge < -0.3 is 15.2 Å². The van der Waals surface area contributed by atoms with E-state index in [-0.39, 0.29) is 6.10 Å². The Bertz CT molecular complexity index is 831. The molecule has 0 bridgehead atoms. The Morgan fingerprint density at radius 3 is 2.42 bits per heavy atom. The molecule has 3 aromatic rings. The van der Waals surface area contributed by atoms with Gasteiger partial charge in [0.05, 0.1) is 6.10 Å². The molecule has 0 atom stereocenters. The van der Waals surface area contributed by atoms with Crippen LogP contribution in [0, 0.1) is 0 Å². The van der Waals surface area contributed by atoms with Crippen molar-refractivity contribution in [2.75, 3.05) is 0 Å². The quantitative estimate of drug-likeness (QED) is 0.679. The minimum absolute atomic E-state index is 0.0962. The third-order valence-electron chi connectivity index (χ3n) is 3.92. The van der Waals surface area contributed by atoms with Crippen LogP contribution in [0.3, 0.4) is 0 Å². The van der Waals surface area contributed by atoms with Crippen molar-refractivity contribution >= 4 is 0 Å². The van der Waals surface area contributed by atoms with Gasteiger partial charge in [-0.25, -0.2) is 4.98 Å². The Hall–Kier alpha value is -2.85. The highest BCUT2D eigenvalue weighted by molar-refractivity contribution is 5.70. The van der Waals surface area contributed by atoms with E-state index in [2.05, 4.69) is 11.1 Å². The fourth-order valence-corrected chi connectivity index (χ4v) is 2.64. The number of aromatic nitrogens is 1. The van der Waals surface area contributed by atoms with E-state index >= 15 is 0 Å². The highest BCUT2D eigenvalue weighted by Crippen LogP contribution is 2.32. The maximum Gasteiger partial charge on any atom is 0.213 e. The number of hydrogen-bond donors (Lipinski definition) is 1. The highest BCUT2D eigenvalue weighted by atomic mass is 16.5. The summed E-state index contributed by atoms with van der Waals surface area (Å²) >= 11 is 0. The summed E-state index contributed by atoms with van der Waals surface area (Å²) in [6, 6.07) is 19.9. The van der Waals surface area contributed by atoms with Crippen molar-refractivity contribution in [1.29, 1.82) is 0 Å². The van der Waals surface area contributed by atoms with Crippen molar-refractivity contribution in [3.05, 3.63) is 78.0 Å². The Balaban J connectivity index is 1.79. The van der Waals surface area contributed by atoms with Gasteiger partial charge in [-0.05, 0) is 43.2 Å². The molecule has 2 aromatic carbocycles. The van der Waals surface area contributed by atoms with Crippen molar-refractivity contribution < 1.29 is 9.47 Å². The van der Waals surface area contributed by atoms with E-state index in [0.29, 0.717) is 19.0 Å². The molecule has 4 nitrogen and oxygen atoms in total. The lowest BCUT2D eigenvalue weighted by atomic mass is 10.0. The molecule has 0 spiro atoms. The van der Waals surface area contributed by atoms with E-state index in [1.54, 1.807) is 0 Å². The van der Waals surface area contributed by atoms with Gasteiger partial charge in [-0.15, -0.1) is 0 Å². The smallest absolute Gasteiger partial charge is 0.213 e. The van der Waals surface area contributed by atoms with E-state index in [0.717, 1.165) is 28.0 Å². The number of rotatable bonds is 7. The van der Waals surface area contributed by atoms with Gasteiger partial charge in [-0.2, -0.15) is 0 Å². The lowest BCUT2D eigenvalue weighted by molar-refractivity contribution is 0.243. The van der Waals surface area contributed by atoms with Crippen LogP contribution in [0.4, 0.5) is 0 Å². The van der Waals surface area contributed by atoms with Crippen LogP contribution >= 0.6 is 0 Å². The fourth-order valence-electron chi connectivity index (χ4n) is 2.64. The zero-order chi connectivity index (χ0) is 18.4. The SMILES string of the molecule is CC(C)Oc1ccc(CN)cc1-c1ccc(OCc2ccccc2)nc1. The lowest BCUT2D eigenvalue weighted by Gasteiger charge is -2.15. The van der Waals surface area contributed by atoms with E-state index in [9.17, 15) is 0 Å². The fraction of sp³-hybridized carbons (Fsp3) is 0.227. The van der Waals surface area contributed by atoms with Crippen LogP contribution in [-0.4, -0.2) is 11.1 Å². The van der Waals surface area contributed by atoms with Gasteiger partial charge in [0.15, 0.2) is 0 Å². The van der Waals surface area contributed by atoms with Crippen molar-refractivity contribution in [2.24, 2.45) is 5.73 Å². The van der Waals surface area contributed by atoms with Crippen molar-refractivity contribution in [3.8, 4) is 22.8 Å². The lowest BCUT2D eigenvalue weighted by Crippen LogP contribution is -2.07. The summed E-state index contributed by atoms with van der Waals surface area (Å²) in [6.07, 6.45) is 1.90. The van der Waals surface area contributed by atoms with E-state index in [1.165, 1.54) is 0 Å². The van der Waals surface area contributed by atoms with Crippen molar-refractivity contribution in [3.63, 3.8) is 0 Å². The van der Waals surface area contributed by atoms with Gasteiger partial charge in [0.2, 0.25) is 5.88 Å². The summed E-state index contributed by atoms with van der Waals surface area (Å²) in [5, 5.41) is 0. The first-order valence-electron chi connectivity index (χ1n) is 8.78. The highest BCUT2D eigenvalue weighted by Gasteiger charge is 2.10. The number of pyridine rings is 1. The van der Waals surface area contributed by atoms with Crippen molar-refractivity contribution in [1.82, 2.24) is 4.98 Å². The minimum atomic E-state index is 0.0962. The average molecular weight is 348 g/mol. The second kappa shape index (κ2) is 8.50. The summed E-state index contributed by atoms with van der Waals surface area (Å²) in [4.78, 5) is 4.44. The number of nitrogens with two attached hydrogens (primary N) is 1. The van der Waals surface area contributed by atoms with Gasteiger partial charge in [-0.3, -0.25) is 0 Å². The zero-order valence-corrected chi connectivity index (χ0v) is 15.2. The van der Waals surface area contributed by atoms with Gasteiger partial charge in [-0.1, -0.05) is 36.4 Å². The van der Waals surface area contributed by atoms with Gasteiger partial charge in [0.25, 0.3) is 0 Å². The Morgan fingerprint density at radius 2 is 1.77 bits per heavy atom. The molecule has 0 aliphatic carbocycles. The average Bonchev–Trinajstić information content (AvgIpc) is 2.67. The maximum absolute atomic E-state index is 5.93. The van der Waals surface area contributed by atoms with Crippen LogP contribution < -0.4 is 15.2 Å². The molecule has 0 unspecified atom stereocenters. The first-order chi connectivity index (χ1) is 12.7. The maximum atomic E-state index is 5.93. The standard InChI is InChI=1S/C22H24N2O2/c1-16(2)26-21-10-8-18(13-23)12-20(21)19-9-11-22(24-14-19)25-15-17-6-4-3-5-7-17/h3-12,14,16H,13,15,23H2,1-2H3. The summed E-state index contributed by atoms with van der Waals surface area (Å²) < 4.78 is 11.7. The first kappa shape index (κ1) is 18.0. The van der Waals surface area contributed by atoms with E-state index < -0.39 is 0 Å². The predicted octanol–water partition coefficient (Wildman–Crippen LogP) is 4.57. The molecule has 3 rings (SSSR count). The summed E-state index contributed by atoms with van der Waals surface area (Å²) in [5.41, 5.74) is 9.92. The molecule has 0 saturated heterocycles. The Morgan fingerprint density at radius 1 is 0.962 bits per heavy atom. The number of benzene rings is 2. The topological polar surface area (TPSA) is 57.4 Å². The van der Waals surface area contributed by atoms with Gasteiger partial charge in [0, 0.05) is 29.9 Å². The van der Waals surface area contributed by atoms with E-state index in [1.807, 2.05) is 74.6 Å². The molecule has 4 heteroatoms. The molecular formula is C22H24N2O2. The van der Waals surface area contributed by atoms with Crippen LogP contribution in [0.2, 0.25) is 0 Å². The molecular weight excluding hydrogens is 324 g/mol. The molecule has 0 amide bonds. The third-order valence-corrected chi connectivity index (χ3v) is 3.92. The van der Waals surface area contributed by atoms with Crippen LogP contribution in [0.5, 0.6) is 11.6 Å². The van der Waals surface area contributed by atoms with Crippen LogP contribution in [0.15, 0.2) is 66.9 Å². The summed E-state index contributed by atoms with van der Waals surface area (Å²) in [5.74, 6) is 1.43. The Kier molecular flexibility index (Phi) is 5.87. The molecule has 0 fully saturated rings. The van der Waals surface area contributed by atoms with Crippen molar-refractivity contribution in [2.45, 2.75) is 33.1 Å². The van der Waals surface area contributed by atoms with Gasteiger partial charge in [0.1, 0.15) is 12.4 Å². The minimum Gasteiger partial charge on any atom is -0.490 e. The predicted molar refractivity (Wildman–Crippen MR) is 104 cm³/mol. The second-order valence-electron chi connectivity index (χ2n) is 6.36. The van der Waals surface area contributed by atoms with Crippen LogP contribution in [0.1, 0.15) is 25.0 Å². The molecule has 1 heterocycles. The van der Waals surface area contributed by atoms with Crippen LogP contribution in [0.25, 0.3) is 11.1 Å². The normalized spacial score (nSPS) is 10.8. The molecule has 0 aliphatic heterocycles. The molecule has 1 aromatic heterocycles. The largest absolute Gasteiger partial charge is 0.490 e. The number of ether oxygens (including phenoxy) is 2. The molecule has 0 radical (unpaired) electrons. The first-order valence-corrected chi connectivity index (χ1v) is 8.78. The zero-order valence-electron chi connectivity index (χ0n) is 15.2. The molecule has 2 N–H and O–H groups in total. The summed E-state index contributed by atoms with van der Waals surface area (Å²) in [6.45, 7) is 5.01. The van der Waals surface area contributed by atoms with Crippen LogP contribution in [-0.2, 0) is 13.2 Å². The van der Waals surface area contributed by atoms with E-state index in [4.69, 9.17) is 15.2 Å².